The SMILES string of the molecule is N#Cc1c(-c2ccccc2)cc(-c2ccccc2)n(N=C2CCCCC2)c1=O. The van der Waals surface area contributed by atoms with Crippen LogP contribution < -0.4 is 5.56 Å². The minimum atomic E-state index is -0.360. The van der Waals surface area contributed by atoms with Crippen molar-refractivity contribution in [3.8, 4) is 28.5 Å². The van der Waals surface area contributed by atoms with E-state index in [-0.39, 0.29) is 11.1 Å². The first-order valence-corrected chi connectivity index (χ1v) is 9.65. The van der Waals surface area contributed by atoms with E-state index in [0.717, 1.165) is 42.5 Å². The zero-order chi connectivity index (χ0) is 19.3. The van der Waals surface area contributed by atoms with Crippen LogP contribution in [-0.2, 0) is 0 Å². The molecule has 3 aromatic rings. The number of hydrogen-bond donors (Lipinski definition) is 0. The highest BCUT2D eigenvalue weighted by Crippen LogP contribution is 2.28. The fourth-order valence-corrected chi connectivity index (χ4v) is 3.67. The van der Waals surface area contributed by atoms with E-state index in [2.05, 4.69) is 6.07 Å². The van der Waals surface area contributed by atoms with Crippen molar-refractivity contribution in [2.24, 2.45) is 5.10 Å². The summed E-state index contributed by atoms with van der Waals surface area (Å²) >= 11 is 0. The van der Waals surface area contributed by atoms with Gasteiger partial charge in [0.15, 0.2) is 0 Å². The average molecular weight is 367 g/mol. The summed E-state index contributed by atoms with van der Waals surface area (Å²) in [5.41, 5.74) is 3.91. The fraction of sp³-hybridized carbons (Fsp3) is 0.208. The number of nitriles is 1. The molecule has 1 saturated carbocycles. The van der Waals surface area contributed by atoms with Gasteiger partial charge in [-0.05, 0) is 37.3 Å². The molecule has 0 amide bonds. The molecule has 0 saturated heterocycles. The second-order valence-electron chi connectivity index (χ2n) is 7.01. The van der Waals surface area contributed by atoms with E-state index >= 15 is 0 Å². The standard InChI is InChI=1S/C24H21N3O/c25-17-22-21(18-10-4-1-5-11-18)16-23(19-12-6-2-7-13-19)27(24(22)28)26-20-14-8-3-9-15-20/h1-2,4-7,10-13,16H,3,8-9,14-15H2. The number of rotatable bonds is 3. The first-order valence-electron chi connectivity index (χ1n) is 9.65. The van der Waals surface area contributed by atoms with Crippen LogP contribution in [0.5, 0.6) is 0 Å². The van der Waals surface area contributed by atoms with E-state index < -0.39 is 0 Å². The molecule has 4 rings (SSSR count). The predicted octanol–water partition coefficient (Wildman–Crippen LogP) is 5.22. The summed E-state index contributed by atoms with van der Waals surface area (Å²) < 4.78 is 1.43. The molecule has 0 spiro atoms. The lowest BCUT2D eigenvalue weighted by Crippen LogP contribution is -2.24. The minimum Gasteiger partial charge on any atom is -0.266 e. The molecule has 0 radical (unpaired) electrons. The number of pyridine rings is 1. The molecule has 28 heavy (non-hydrogen) atoms. The van der Waals surface area contributed by atoms with E-state index in [1.807, 2.05) is 66.7 Å². The van der Waals surface area contributed by atoms with Crippen molar-refractivity contribution in [2.75, 3.05) is 0 Å². The summed E-state index contributed by atoms with van der Waals surface area (Å²) in [7, 11) is 0. The van der Waals surface area contributed by atoms with Crippen LogP contribution in [0.15, 0.2) is 76.6 Å². The number of aromatic nitrogens is 1. The third-order valence-electron chi connectivity index (χ3n) is 5.12. The van der Waals surface area contributed by atoms with Gasteiger partial charge in [-0.15, -0.1) is 0 Å². The molecule has 0 N–H and O–H groups in total. The Morgan fingerprint density at radius 2 is 1.46 bits per heavy atom. The second-order valence-corrected chi connectivity index (χ2v) is 7.01. The number of hydrogen-bond acceptors (Lipinski definition) is 3. The van der Waals surface area contributed by atoms with E-state index in [0.29, 0.717) is 11.3 Å². The maximum absolute atomic E-state index is 13.3. The monoisotopic (exact) mass is 367 g/mol. The van der Waals surface area contributed by atoms with Crippen molar-refractivity contribution in [1.82, 2.24) is 4.68 Å². The first kappa shape index (κ1) is 17.9. The quantitative estimate of drug-likeness (QED) is 0.637. The first-order chi connectivity index (χ1) is 13.8. The number of nitrogens with zero attached hydrogens (tertiary/aromatic N) is 3. The Hall–Kier alpha value is -3.45. The van der Waals surface area contributed by atoms with Gasteiger partial charge in [-0.2, -0.15) is 15.0 Å². The Morgan fingerprint density at radius 1 is 0.857 bits per heavy atom. The Labute approximate surface area is 164 Å². The van der Waals surface area contributed by atoms with Crippen LogP contribution in [-0.4, -0.2) is 10.4 Å². The zero-order valence-electron chi connectivity index (χ0n) is 15.6. The normalized spacial score (nSPS) is 13.8. The van der Waals surface area contributed by atoms with Gasteiger partial charge in [0.2, 0.25) is 0 Å². The van der Waals surface area contributed by atoms with Crippen molar-refractivity contribution in [3.63, 3.8) is 0 Å². The van der Waals surface area contributed by atoms with Crippen molar-refractivity contribution >= 4 is 5.71 Å². The highest BCUT2D eigenvalue weighted by atomic mass is 16.1. The van der Waals surface area contributed by atoms with Crippen molar-refractivity contribution in [2.45, 2.75) is 32.1 Å². The maximum Gasteiger partial charge on any atom is 0.290 e. The van der Waals surface area contributed by atoms with Crippen LogP contribution in [0.4, 0.5) is 0 Å². The highest BCUT2D eigenvalue weighted by Gasteiger charge is 2.18. The predicted molar refractivity (Wildman–Crippen MR) is 112 cm³/mol. The summed E-state index contributed by atoms with van der Waals surface area (Å²) in [4.78, 5) is 13.3. The Morgan fingerprint density at radius 3 is 2.07 bits per heavy atom. The second kappa shape index (κ2) is 8.06. The maximum atomic E-state index is 13.3. The van der Waals surface area contributed by atoms with Crippen LogP contribution in [0.2, 0.25) is 0 Å². The topological polar surface area (TPSA) is 58.1 Å². The molecule has 0 atom stereocenters. The van der Waals surface area contributed by atoms with Gasteiger partial charge in [-0.3, -0.25) is 4.79 Å². The van der Waals surface area contributed by atoms with Gasteiger partial charge in [0, 0.05) is 16.8 Å². The summed E-state index contributed by atoms with van der Waals surface area (Å²) in [6, 6.07) is 23.4. The Balaban J connectivity index is 1.99. The van der Waals surface area contributed by atoms with Crippen molar-refractivity contribution < 1.29 is 0 Å². The molecule has 4 nitrogen and oxygen atoms in total. The number of benzene rings is 2. The lowest BCUT2D eigenvalue weighted by Gasteiger charge is -2.16. The van der Waals surface area contributed by atoms with Gasteiger partial charge in [0.25, 0.3) is 5.56 Å². The van der Waals surface area contributed by atoms with Gasteiger partial charge in [-0.25, -0.2) is 0 Å². The van der Waals surface area contributed by atoms with E-state index in [9.17, 15) is 10.1 Å². The molecular weight excluding hydrogens is 346 g/mol. The van der Waals surface area contributed by atoms with Crippen LogP contribution in [0, 0.1) is 11.3 Å². The smallest absolute Gasteiger partial charge is 0.266 e. The van der Waals surface area contributed by atoms with Crippen LogP contribution in [0.25, 0.3) is 22.4 Å². The zero-order valence-corrected chi connectivity index (χ0v) is 15.6. The molecule has 4 heteroatoms. The van der Waals surface area contributed by atoms with Gasteiger partial charge >= 0.3 is 0 Å². The molecule has 1 aliphatic carbocycles. The third kappa shape index (κ3) is 3.52. The van der Waals surface area contributed by atoms with Crippen molar-refractivity contribution in [3.05, 3.63) is 82.6 Å². The van der Waals surface area contributed by atoms with Crippen LogP contribution >= 0.6 is 0 Å². The third-order valence-corrected chi connectivity index (χ3v) is 5.12. The molecule has 0 bridgehead atoms. The molecule has 1 fully saturated rings. The summed E-state index contributed by atoms with van der Waals surface area (Å²) in [5.74, 6) is 0. The van der Waals surface area contributed by atoms with E-state index in [1.54, 1.807) is 0 Å². The average Bonchev–Trinajstić information content (AvgIpc) is 2.77. The highest BCUT2D eigenvalue weighted by molar-refractivity contribution is 5.85. The molecule has 0 unspecified atom stereocenters. The van der Waals surface area contributed by atoms with Crippen LogP contribution in [0.3, 0.4) is 0 Å². The van der Waals surface area contributed by atoms with E-state index in [1.165, 1.54) is 11.1 Å². The van der Waals surface area contributed by atoms with Crippen molar-refractivity contribution in [1.29, 1.82) is 5.26 Å². The van der Waals surface area contributed by atoms with Crippen LogP contribution in [0.1, 0.15) is 37.7 Å². The van der Waals surface area contributed by atoms with E-state index in [4.69, 9.17) is 5.10 Å². The van der Waals surface area contributed by atoms with Gasteiger partial charge in [-0.1, -0.05) is 67.1 Å². The summed E-state index contributed by atoms with van der Waals surface area (Å²) in [5, 5.41) is 14.4. The molecule has 1 aliphatic rings. The molecule has 2 aromatic carbocycles. The molecule has 1 heterocycles. The van der Waals surface area contributed by atoms with Gasteiger partial charge < -0.3 is 0 Å². The Bertz CT molecular complexity index is 1100. The molecular formula is C24H21N3O. The fourth-order valence-electron chi connectivity index (χ4n) is 3.67. The molecule has 1 aromatic heterocycles. The lowest BCUT2D eigenvalue weighted by atomic mass is 9.98. The molecule has 138 valence electrons. The Kier molecular flexibility index (Phi) is 5.16. The minimum absolute atomic E-state index is 0.131. The van der Waals surface area contributed by atoms with Gasteiger partial charge in [0.1, 0.15) is 11.6 Å². The lowest BCUT2D eigenvalue weighted by molar-refractivity contribution is 0.655. The summed E-state index contributed by atoms with van der Waals surface area (Å²) in [6.07, 6.45) is 5.21. The largest absolute Gasteiger partial charge is 0.290 e. The van der Waals surface area contributed by atoms with Gasteiger partial charge in [0.05, 0.1) is 5.69 Å². The molecule has 0 aliphatic heterocycles. The summed E-state index contributed by atoms with van der Waals surface area (Å²) in [6.45, 7) is 0.